The lowest BCUT2D eigenvalue weighted by Gasteiger charge is -2.53. The molecule has 126 valence electrons. The fourth-order valence-corrected chi connectivity index (χ4v) is 4.07. The molecule has 2 saturated heterocycles. The first kappa shape index (κ1) is 16.2. The van der Waals surface area contributed by atoms with Crippen molar-refractivity contribution in [2.24, 2.45) is 5.41 Å². The van der Waals surface area contributed by atoms with Crippen LogP contribution in [-0.4, -0.2) is 74.9 Å². The molecule has 2 heterocycles. The zero-order valence-electron chi connectivity index (χ0n) is 14.1. The predicted molar refractivity (Wildman–Crippen MR) is 84.7 cm³/mol. The maximum atomic E-state index is 11.7. The van der Waals surface area contributed by atoms with Crippen LogP contribution < -0.4 is 0 Å². The lowest BCUT2D eigenvalue weighted by Crippen LogP contribution is -2.59. The minimum Gasteiger partial charge on any atom is -0.377 e. The molecule has 1 saturated carbocycles. The number of likely N-dealkylation sites (N-methyl/N-ethyl adjacent to an activating group) is 1. The Balaban J connectivity index is 1.60. The molecule has 5 heteroatoms. The number of amides is 1. The summed E-state index contributed by atoms with van der Waals surface area (Å²) in [6, 6.07) is 0.781. The van der Waals surface area contributed by atoms with Crippen molar-refractivity contribution >= 4 is 5.91 Å². The largest absolute Gasteiger partial charge is 0.377 e. The summed E-state index contributed by atoms with van der Waals surface area (Å²) < 4.78 is 11.9. The summed E-state index contributed by atoms with van der Waals surface area (Å²) in [6.07, 6.45) is 7.77. The topological polar surface area (TPSA) is 42.0 Å². The van der Waals surface area contributed by atoms with Gasteiger partial charge in [0.2, 0.25) is 5.91 Å². The van der Waals surface area contributed by atoms with E-state index in [-0.39, 0.29) is 17.9 Å². The van der Waals surface area contributed by atoms with Crippen LogP contribution in [0.3, 0.4) is 0 Å². The standard InChI is InChI=1S/C17H30N2O3/c1-18(2)16(20)11-21-13-17-8-4-10-22-15(17)7-9-19(12-17)14-5-3-6-14/h14-15H,3-13H2,1-2H3/t15-,17-/m1/s1. The van der Waals surface area contributed by atoms with Crippen LogP contribution in [0.1, 0.15) is 38.5 Å². The van der Waals surface area contributed by atoms with Gasteiger partial charge in [0.15, 0.2) is 0 Å². The zero-order valence-corrected chi connectivity index (χ0v) is 14.1. The van der Waals surface area contributed by atoms with Crippen LogP contribution in [0.5, 0.6) is 0 Å². The Morgan fingerprint density at radius 2 is 2.14 bits per heavy atom. The van der Waals surface area contributed by atoms with Crippen molar-refractivity contribution in [3.63, 3.8) is 0 Å². The minimum atomic E-state index is 0.0383. The molecule has 5 nitrogen and oxygen atoms in total. The molecule has 3 fully saturated rings. The lowest BCUT2D eigenvalue weighted by molar-refractivity contribution is -0.165. The molecule has 3 aliphatic rings. The number of hydrogen-bond acceptors (Lipinski definition) is 4. The van der Waals surface area contributed by atoms with Crippen LogP contribution in [-0.2, 0) is 14.3 Å². The van der Waals surface area contributed by atoms with Gasteiger partial charge in [0.05, 0.1) is 12.7 Å². The van der Waals surface area contributed by atoms with E-state index in [1.807, 2.05) is 0 Å². The average molecular weight is 310 g/mol. The quantitative estimate of drug-likeness (QED) is 0.772. The highest BCUT2D eigenvalue weighted by molar-refractivity contribution is 5.76. The molecule has 1 amide bonds. The van der Waals surface area contributed by atoms with Gasteiger partial charge < -0.3 is 14.4 Å². The molecule has 0 aromatic carbocycles. The maximum absolute atomic E-state index is 11.7. The van der Waals surface area contributed by atoms with Gasteiger partial charge in [-0.25, -0.2) is 0 Å². The molecule has 2 aliphatic heterocycles. The van der Waals surface area contributed by atoms with Crippen LogP contribution in [0.15, 0.2) is 0 Å². The van der Waals surface area contributed by atoms with Crippen molar-refractivity contribution < 1.29 is 14.3 Å². The molecular weight excluding hydrogens is 280 g/mol. The number of piperidine rings is 1. The highest BCUT2D eigenvalue weighted by Gasteiger charge is 2.47. The van der Waals surface area contributed by atoms with Crippen molar-refractivity contribution in [2.75, 3.05) is 47.0 Å². The third-order valence-electron chi connectivity index (χ3n) is 5.72. The number of nitrogens with zero attached hydrogens (tertiary/aromatic N) is 2. The van der Waals surface area contributed by atoms with Crippen molar-refractivity contribution in [3.05, 3.63) is 0 Å². The fraction of sp³-hybridized carbons (Fsp3) is 0.941. The van der Waals surface area contributed by atoms with Crippen molar-refractivity contribution in [3.8, 4) is 0 Å². The molecule has 22 heavy (non-hydrogen) atoms. The van der Waals surface area contributed by atoms with E-state index in [0.717, 1.165) is 45.0 Å². The van der Waals surface area contributed by atoms with E-state index in [9.17, 15) is 4.79 Å². The van der Waals surface area contributed by atoms with E-state index in [4.69, 9.17) is 9.47 Å². The Bertz CT molecular complexity index is 397. The SMILES string of the molecule is CN(C)C(=O)COC[C@]12CCCO[C@@H]1CCN(C1CCC1)C2. The molecule has 0 aromatic rings. The second kappa shape index (κ2) is 6.85. The van der Waals surface area contributed by atoms with Crippen LogP contribution >= 0.6 is 0 Å². The molecular formula is C17H30N2O3. The van der Waals surface area contributed by atoms with Gasteiger partial charge in [-0.05, 0) is 32.1 Å². The Morgan fingerprint density at radius 3 is 2.82 bits per heavy atom. The Kier molecular flexibility index (Phi) is 5.05. The molecule has 0 bridgehead atoms. The summed E-state index contributed by atoms with van der Waals surface area (Å²) >= 11 is 0. The maximum Gasteiger partial charge on any atom is 0.248 e. The first-order valence-electron chi connectivity index (χ1n) is 8.74. The third kappa shape index (κ3) is 3.31. The van der Waals surface area contributed by atoms with Crippen LogP contribution in [0.25, 0.3) is 0 Å². The molecule has 1 aliphatic carbocycles. The Labute approximate surface area is 133 Å². The Hall–Kier alpha value is -0.650. The van der Waals surface area contributed by atoms with Gasteiger partial charge in [-0.1, -0.05) is 6.42 Å². The smallest absolute Gasteiger partial charge is 0.248 e. The van der Waals surface area contributed by atoms with Crippen molar-refractivity contribution in [1.29, 1.82) is 0 Å². The molecule has 2 atom stereocenters. The summed E-state index contributed by atoms with van der Waals surface area (Å²) in [5.41, 5.74) is 0.0959. The number of carbonyl (C=O) groups excluding carboxylic acids is 1. The normalized spacial score (nSPS) is 33.1. The first-order valence-corrected chi connectivity index (χ1v) is 8.74. The van der Waals surface area contributed by atoms with E-state index in [1.54, 1.807) is 19.0 Å². The first-order chi connectivity index (χ1) is 10.6. The second-order valence-corrected chi connectivity index (χ2v) is 7.45. The fourth-order valence-electron chi connectivity index (χ4n) is 4.07. The van der Waals surface area contributed by atoms with E-state index in [2.05, 4.69) is 4.90 Å². The van der Waals surface area contributed by atoms with Crippen LogP contribution in [0, 0.1) is 5.41 Å². The number of fused-ring (bicyclic) bond motifs is 1. The zero-order chi connectivity index (χ0) is 15.6. The van der Waals surface area contributed by atoms with Gasteiger partial charge in [-0.15, -0.1) is 0 Å². The summed E-state index contributed by atoms with van der Waals surface area (Å²) in [5.74, 6) is 0.0383. The molecule has 0 unspecified atom stereocenters. The second-order valence-electron chi connectivity index (χ2n) is 7.45. The summed E-state index contributed by atoms with van der Waals surface area (Å²) in [5, 5.41) is 0. The predicted octanol–water partition coefficient (Wildman–Crippen LogP) is 1.51. The van der Waals surface area contributed by atoms with Gasteiger partial charge in [0, 0.05) is 45.2 Å². The number of likely N-dealkylation sites (tertiary alicyclic amines) is 1. The van der Waals surface area contributed by atoms with Gasteiger partial charge >= 0.3 is 0 Å². The van der Waals surface area contributed by atoms with Gasteiger partial charge in [0.25, 0.3) is 0 Å². The highest BCUT2D eigenvalue weighted by atomic mass is 16.5. The summed E-state index contributed by atoms with van der Waals surface area (Å²) in [4.78, 5) is 16.0. The number of hydrogen-bond donors (Lipinski definition) is 0. The molecule has 0 N–H and O–H groups in total. The summed E-state index contributed by atoms with van der Waals surface area (Å²) in [7, 11) is 3.55. The third-order valence-corrected chi connectivity index (χ3v) is 5.72. The van der Waals surface area contributed by atoms with E-state index < -0.39 is 0 Å². The highest BCUT2D eigenvalue weighted by Crippen LogP contribution is 2.42. The molecule has 3 rings (SSSR count). The average Bonchev–Trinajstić information content (AvgIpc) is 2.45. The number of carbonyl (C=O) groups is 1. The van der Waals surface area contributed by atoms with Gasteiger partial charge in [-0.3, -0.25) is 9.69 Å². The van der Waals surface area contributed by atoms with Gasteiger partial charge in [-0.2, -0.15) is 0 Å². The monoisotopic (exact) mass is 310 g/mol. The molecule has 0 aromatic heterocycles. The van der Waals surface area contributed by atoms with E-state index in [0.29, 0.717) is 12.7 Å². The van der Waals surface area contributed by atoms with Crippen molar-refractivity contribution in [1.82, 2.24) is 9.80 Å². The lowest BCUT2D eigenvalue weighted by atomic mass is 9.72. The number of rotatable bonds is 5. The minimum absolute atomic E-state index is 0.0383. The van der Waals surface area contributed by atoms with Crippen LogP contribution in [0.2, 0.25) is 0 Å². The molecule has 0 spiro atoms. The van der Waals surface area contributed by atoms with Crippen molar-refractivity contribution in [2.45, 2.75) is 50.7 Å². The summed E-state index contributed by atoms with van der Waals surface area (Å²) in [6.45, 7) is 3.96. The number of ether oxygens (including phenoxy) is 2. The Morgan fingerprint density at radius 1 is 1.32 bits per heavy atom. The van der Waals surface area contributed by atoms with Crippen LogP contribution in [0.4, 0.5) is 0 Å². The molecule has 0 radical (unpaired) electrons. The van der Waals surface area contributed by atoms with E-state index >= 15 is 0 Å². The van der Waals surface area contributed by atoms with Gasteiger partial charge in [0.1, 0.15) is 6.61 Å². The van der Waals surface area contributed by atoms with E-state index in [1.165, 1.54) is 19.3 Å².